The van der Waals surface area contributed by atoms with Crippen molar-refractivity contribution in [3.63, 3.8) is 0 Å². The van der Waals surface area contributed by atoms with Gasteiger partial charge in [-0.25, -0.2) is 4.98 Å². The second-order valence-electron chi connectivity index (χ2n) is 5.13. The molecule has 120 valence electrons. The van der Waals surface area contributed by atoms with Gasteiger partial charge >= 0.3 is 0 Å². The average molecular weight is 332 g/mol. The van der Waals surface area contributed by atoms with Crippen LogP contribution < -0.4 is 14.8 Å². The van der Waals surface area contributed by atoms with Crippen molar-refractivity contribution >= 4 is 28.2 Å². The van der Waals surface area contributed by atoms with Gasteiger partial charge in [-0.2, -0.15) is 0 Å². The van der Waals surface area contributed by atoms with E-state index in [1.165, 1.54) is 25.6 Å². The number of rotatable bonds is 4. The largest absolute Gasteiger partial charge is 0.497 e. The van der Waals surface area contributed by atoms with Crippen LogP contribution in [0.3, 0.4) is 0 Å². The fourth-order valence-corrected chi connectivity index (χ4v) is 3.40. The standard InChI is InChI=1S/C16H16N2O4S/c1-21-10-6-9(7-11(8-10)22-2)15(20)18-16-17-12-4-3-5-13(19)14(12)23-16/h6-8H,3-5H2,1-2H3,(H,17,18,20). The van der Waals surface area contributed by atoms with Gasteiger partial charge in [-0.05, 0) is 25.0 Å². The molecule has 1 aromatic carbocycles. The number of Topliss-reactive ketones (excluding diaryl/α,β-unsaturated/α-hetero) is 1. The maximum atomic E-state index is 12.4. The number of thiazole rings is 1. The molecule has 0 unspecified atom stereocenters. The van der Waals surface area contributed by atoms with Crippen LogP contribution in [-0.2, 0) is 6.42 Å². The Balaban J connectivity index is 1.83. The number of nitrogens with zero attached hydrogens (tertiary/aromatic N) is 1. The lowest BCUT2D eigenvalue weighted by atomic mass is 10.0. The zero-order valence-corrected chi connectivity index (χ0v) is 13.7. The van der Waals surface area contributed by atoms with E-state index < -0.39 is 0 Å². The molecular weight excluding hydrogens is 316 g/mol. The van der Waals surface area contributed by atoms with Crippen molar-refractivity contribution in [2.45, 2.75) is 19.3 Å². The van der Waals surface area contributed by atoms with E-state index >= 15 is 0 Å². The van der Waals surface area contributed by atoms with E-state index in [-0.39, 0.29) is 11.7 Å². The highest BCUT2D eigenvalue weighted by Gasteiger charge is 2.23. The Morgan fingerprint density at radius 3 is 2.48 bits per heavy atom. The first-order chi connectivity index (χ1) is 11.1. The van der Waals surface area contributed by atoms with Crippen LogP contribution in [0.1, 0.15) is 38.6 Å². The van der Waals surface area contributed by atoms with Crippen LogP contribution in [-0.4, -0.2) is 30.9 Å². The number of amides is 1. The number of carbonyl (C=O) groups excluding carboxylic acids is 2. The number of nitrogens with one attached hydrogen (secondary N) is 1. The Hall–Kier alpha value is -2.41. The van der Waals surface area contributed by atoms with E-state index in [0.29, 0.717) is 33.5 Å². The van der Waals surface area contributed by atoms with Crippen molar-refractivity contribution in [1.82, 2.24) is 4.98 Å². The van der Waals surface area contributed by atoms with Crippen LogP contribution >= 0.6 is 11.3 Å². The summed E-state index contributed by atoms with van der Waals surface area (Å²) in [5, 5.41) is 3.19. The lowest BCUT2D eigenvalue weighted by molar-refractivity contribution is 0.0975. The smallest absolute Gasteiger partial charge is 0.257 e. The molecule has 0 bridgehead atoms. The zero-order valence-electron chi connectivity index (χ0n) is 12.8. The Morgan fingerprint density at radius 2 is 1.87 bits per heavy atom. The van der Waals surface area contributed by atoms with Crippen molar-refractivity contribution in [2.75, 3.05) is 19.5 Å². The molecule has 1 amide bonds. The van der Waals surface area contributed by atoms with Crippen LogP contribution in [0, 0.1) is 0 Å². The van der Waals surface area contributed by atoms with Crippen LogP contribution in [0.4, 0.5) is 5.13 Å². The number of aromatic nitrogens is 1. The normalized spacial score (nSPS) is 13.4. The number of ether oxygens (including phenoxy) is 2. The lowest BCUT2D eigenvalue weighted by Gasteiger charge is -2.08. The Morgan fingerprint density at radius 1 is 1.17 bits per heavy atom. The summed E-state index contributed by atoms with van der Waals surface area (Å²) in [6.07, 6.45) is 2.14. The number of hydrogen-bond acceptors (Lipinski definition) is 6. The van der Waals surface area contributed by atoms with Gasteiger partial charge < -0.3 is 9.47 Å². The SMILES string of the molecule is COc1cc(OC)cc(C(=O)Nc2nc3c(s2)C(=O)CCC3)c1. The van der Waals surface area contributed by atoms with E-state index in [0.717, 1.165) is 18.5 Å². The third-order valence-corrected chi connectivity index (χ3v) is 4.66. The number of methoxy groups -OCH3 is 2. The van der Waals surface area contributed by atoms with Crippen LogP contribution in [0.5, 0.6) is 11.5 Å². The number of ketones is 1. The molecule has 2 aromatic rings. The number of fused-ring (bicyclic) bond motifs is 1. The molecule has 23 heavy (non-hydrogen) atoms. The highest BCUT2D eigenvalue weighted by atomic mass is 32.1. The minimum Gasteiger partial charge on any atom is -0.497 e. The van der Waals surface area contributed by atoms with Gasteiger partial charge in [0.05, 0.1) is 24.8 Å². The summed E-state index contributed by atoms with van der Waals surface area (Å²) >= 11 is 1.23. The maximum absolute atomic E-state index is 12.4. The maximum Gasteiger partial charge on any atom is 0.257 e. The molecule has 0 aliphatic heterocycles. The molecule has 0 atom stereocenters. The number of hydrogen-bond donors (Lipinski definition) is 1. The van der Waals surface area contributed by atoms with Crippen molar-refractivity contribution in [2.24, 2.45) is 0 Å². The van der Waals surface area contributed by atoms with Crippen LogP contribution in [0.25, 0.3) is 0 Å². The summed E-state index contributed by atoms with van der Waals surface area (Å²) in [4.78, 5) is 29.3. The van der Waals surface area contributed by atoms with E-state index in [1.54, 1.807) is 18.2 Å². The quantitative estimate of drug-likeness (QED) is 0.931. The predicted molar refractivity (Wildman–Crippen MR) is 86.9 cm³/mol. The minimum absolute atomic E-state index is 0.104. The third-order valence-electron chi connectivity index (χ3n) is 3.60. The topological polar surface area (TPSA) is 77.5 Å². The van der Waals surface area contributed by atoms with Gasteiger partial charge in [-0.15, -0.1) is 0 Å². The Kier molecular flexibility index (Phi) is 4.29. The molecule has 0 radical (unpaired) electrons. The summed E-state index contributed by atoms with van der Waals surface area (Å²) in [6.45, 7) is 0. The molecule has 1 heterocycles. The molecule has 0 spiro atoms. The molecule has 6 nitrogen and oxygen atoms in total. The summed E-state index contributed by atoms with van der Waals surface area (Å²) < 4.78 is 10.3. The number of benzene rings is 1. The second-order valence-corrected chi connectivity index (χ2v) is 6.13. The first kappa shape index (κ1) is 15.5. The lowest BCUT2D eigenvalue weighted by Crippen LogP contribution is -2.12. The van der Waals surface area contributed by atoms with E-state index in [9.17, 15) is 9.59 Å². The molecule has 1 aromatic heterocycles. The van der Waals surface area contributed by atoms with Gasteiger partial charge in [0.2, 0.25) is 0 Å². The van der Waals surface area contributed by atoms with Gasteiger partial charge in [0, 0.05) is 18.1 Å². The summed E-state index contributed by atoms with van der Waals surface area (Å²) in [7, 11) is 3.05. The highest BCUT2D eigenvalue weighted by Crippen LogP contribution is 2.30. The van der Waals surface area contributed by atoms with Crippen LogP contribution in [0.15, 0.2) is 18.2 Å². The zero-order chi connectivity index (χ0) is 16.4. The monoisotopic (exact) mass is 332 g/mol. The second kappa shape index (κ2) is 6.37. The molecule has 0 fully saturated rings. The van der Waals surface area contributed by atoms with E-state index in [2.05, 4.69) is 10.3 Å². The van der Waals surface area contributed by atoms with Crippen molar-refractivity contribution < 1.29 is 19.1 Å². The summed E-state index contributed by atoms with van der Waals surface area (Å²) in [5.41, 5.74) is 1.19. The predicted octanol–water partition coefficient (Wildman–Crippen LogP) is 2.93. The molecule has 1 aliphatic carbocycles. The summed E-state index contributed by atoms with van der Waals surface area (Å²) in [6, 6.07) is 4.94. The molecular formula is C16H16N2O4S. The number of anilines is 1. The molecule has 1 N–H and O–H groups in total. The molecule has 7 heteroatoms. The summed E-state index contributed by atoms with van der Waals surface area (Å²) in [5.74, 6) is 0.847. The van der Waals surface area contributed by atoms with Crippen molar-refractivity contribution in [1.29, 1.82) is 0 Å². The number of aryl methyl sites for hydroxylation is 1. The first-order valence-corrected chi connectivity index (χ1v) is 7.99. The average Bonchev–Trinajstić information content (AvgIpc) is 2.98. The molecule has 0 saturated carbocycles. The third kappa shape index (κ3) is 3.19. The number of carbonyl (C=O) groups is 2. The first-order valence-electron chi connectivity index (χ1n) is 7.18. The van der Waals surface area contributed by atoms with E-state index in [1.807, 2.05) is 0 Å². The Labute approximate surface area is 137 Å². The van der Waals surface area contributed by atoms with Gasteiger partial charge in [0.25, 0.3) is 5.91 Å². The molecule has 0 saturated heterocycles. The van der Waals surface area contributed by atoms with E-state index in [4.69, 9.17) is 9.47 Å². The molecule has 1 aliphatic rings. The fraction of sp³-hybridized carbons (Fsp3) is 0.312. The minimum atomic E-state index is -0.319. The highest BCUT2D eigenvalue weighted by molar-refractivity contribution is 7.17. The van der Waals surface area contributed by atoms with Gasteiger partial charge in [0.15, 0.2) is 10.9 Å². The van der Waals surface area contributed by atoms with Crippen molar-refractivity contribution in [3.05, 3.63) is 34.3 Å². The van der Waals surface area contributed by atoms with Gasteiger partial charge in [0.1, 0.15) is 11.5 Å². The van der Waals surface area contributed by atoms with Gasteiger partial charge in [-0.1, -0.05) is 11.3 Å². The van der Waals surface area contributed by atoms with Crippen molar-refractivity contribution in [3.8, 4) is 11.5 Å². The molecule has 3 rings (SSSR count). The van der Waals surface area contributed by atoms with Crippen LogP contribution in [0.2, 0.25) is 0 Å². The Bertz CT molecular complexity index is 747. The van der Waals surface area contributed by atoms with Gasteiger partial charge in [-0.3, -0.25) is 14.9 Å². The fourth-order valence-electron chi connectivity index (χ4n) is 2.43.